The molecule has 0 bridgehead atoms. The average molecular weight is 245 g/mol. The number of amides is 1. The minimum absolute atomic E-state index is 0.105. The summed E-state index contributed by atoms with van der Waals surface area (Å²) in [6.45, 7) is 4.40. The van der Waals surface area contributed by atoms with Gasteiger partial charge in [-0.1, -0.05) is 12.1 Å². The first-order valence-corrected chi connectivity index (χ1v) is 6.18. The fourth-order valence-corrected chi connectivity index (χ4v) is 2.13. The summed E-state index contributed by atoms with van der Waals surface area (Å²) >= 11 is 0. The van der Waals surface area contributed by atoms with Crippen molar-refractivity contribution in [1.29, 1.82) is 0 Å². The standard InChI is InChI=1S/C14H19N3O/c1-9-4-3-5-12-13(9)11(8-17-12)6-7-16-14(18)10(2)15/h3-5,8,10,17H,6-7,15H2,1-2H3,(H,16,18)/t10-/m0/s1. The van der Waals surface area contributed by atoms with Crippen molar-refractivity contribution in [3.05, 3.63) is 35.5 Å². The highest BCUT2D eigenvalue weighted by Gasteiger charge is 2.08. The van der Waals surface area contributed by atoms with Crippen molar-refractivity contribution in [1.82, 2.24) is 10.3 Å². The predicted octanol–water partition coefficient (Wildman–Crippen LogP) is 1.48. The maximum atomic E-state index is 11.4. The maximum Gasteiger partial charge on any atom is 0.236 e. The van der Waals surface area contributed by atoms with Gasteiger partial charge in [0.25, 0.3) is 0 Å². The highest BCUT2D eigenvalue weighted by Crippen LogP contribution is 2.22. The number of hydrogen-bond donors (Lipinski definition) is 3. The van der Waals surface area contributed by atoms with Crippen LogP contribution in [0, 0.1) is 6.92 Å². The fraction of sp³-hybridized carbons (Fsp3) is 0.357. The van der Waals surface area contributed by atoms with Crippen LogP contribution in [0.5, 0.6) is 0 Å². The quantitative estimate of drug-likeness (QED) is 0.763. The van der Waals surface area contributed by atoms with Crippen LogP contribution in [0.15, 0.2) is 24.4 Å². The SMILES string of the molecule is Cc1cccc2[nH]cc(CCNC(=O)[C@H](C)N)c12. The summed E-state index contributed by atoms with van der Waals surface area (Å²) in [5, 5.41) is 4.08. The lowest BCUT2D eigenvalue weighted by molar-refractivity contribution is -0.121. The van der Waals surface area contributed by atoms with E-state index in [1.54, 1.807) is 6.92 Å². The third kappa shape index (κ3) is 2.54. The monoisotopic (exact) mass is 245 g/mol. The molecule has 18 heavy (non-hydrogen) atoms. The Balaban J connectivity index is 2.06. The summed E-state index contributed by atoms with van der Waals surface area (Å²) < 4.78 is 0. The third-order valence-electron chi connectivity index (χ3n) is 3.10. The number of fused-ring (bicyclic) bond motifs is 1. The lowest BCUT2D eigenvalue weighted by Crippen LogP contribution is -2.39. The van der Waals surface area contributed by atoms with E-state index in [1.807, 2.05) is 12.3 Å². The van der Waals surface area contributed by atoms with E-state index >= 15 is 0 Å². The van der Waals surface area contributed by atoms with Crippen LogP contribution >= 0.6 is 0 Å². The van der Waals surface area contributed by atoms with Gasteiger partial charge in [0.15, 0.2) is 0 Å². The number of carbonyl (C=O) groups excluding carboxylic acids is 1. The van der Waals surface area contributed by atoms with Gasteiger partial charge < -0.3 is 16.0 Å². The highest BCUT2D eigenvalue weighted by atomic mass is 16.2. The second-order valence-corrected chi connectivity index (χ2v) is 4.64. The molecule has 96 valence electrons. The van der Waals surface area contributed by atoms with Crippen molar-refractivity contribution in [2.75, 3.05) is 6.54 Å². The average Bonchev–Trinajstić information content (AvgIpc) is 2.73. The van der Waals surface area contributed by atoms with Crippen molar-refractivity contribution in [2.24, 2.45) is 5.73 Å². The van der Waals surface area contributed by atoms with Crippen LogP contribution in [0.25, 0.3) is 10.9 Å². The van der Waals surface area contributed by atoms with Gasteiger partial charge in [0.1, 0.15) is 0 Å². The molecule has 0 radical (unpaired) electrons. The second-order valence-electron chi connectivity index (χ2n) is 4.64. The number of hydrogen-bond acceptors (Lipinski definition) is 2. The van der Waals surface area contributed by atoms with Gasteiger partial charge in [0.05, 0.1) is 6.04 Å². The zero-order valence-electron chi connectivity index (χ0n) is 10.8. The number of nitrogens with two attached hydrogens (primary N) is 1. The van der Waals surface area contributed by atoms with E-state index in [1.165, 1.54) is 16.5 Å². The van der Waals surface area contributed by atoms with Gasteiger partial charge in [0.2, 0.25) is 5.91 Å². The van der Waals surface area contributed by atoms with Crippen LogP contribution in [0.4, 0.5) is 0 Å². The third-order valence-corrected chi connectivity index (χ3v) is 3.10. The Bertz CT molecular complexity index is 557. The number of rotatable bonds is 4. The molecule has 1 aromatic heterocycles. The number of aryl methyl sites for hydroxylation is 1. The topological polar surface area (TPSA) is 70.9 Å². The molecule has 0 saturated carbocycles. The summed E-state index contributed by atoms with van der Waals surface area (Å²) in [5.41, 5.74) is 9.12. The first-order chi connectivity index (χ1) is 8.59. The molecule has 4 N–H and O–H groups in total. The van der Waals surface area contributed by atoms with Crippen molar-refractivity contribution in [2.45, 2.75) is 26.3 Å². The molecule has 0 saturated heterocycles. The highest BCUT2D eigenvalue weighted by molar-refractivity contribution is 5.86. The molecular formula is C14H19N3O. The van der Waals surface area contributed by atoms with Crippen molar-refractivity contribution >= 4 is 16.8 Å². The fourth-order valence-electron chi connectivity index (χ4n) is 2.13. The molecule has 1 atom stereocenters. The molecule has 1 heterocycles. The molecule has 0 unspecified atom stereocenters. The molecule has 2 rings (SSSR count). The van der Waals surface area contributed by atoms with Gasteiger partial charge in [-0.15, -0.1) is 0 Å². The van der Waals surface area contributed by atoms with Gasteiger partial charge in [0, 0.05) is 23.6 Å². The van der Waals surface area contributed by atoms with Crippen molar-refractivity contribution in [3.8, 4) is 0 Å². The Morgan fingerprint density at radius 3 is 3.00 bits per heavy atom. The summed E-state index contributed by atoms with van der Waals surface area (Å²) in [4.78, 5) is 14.6. The van der Waals surface area contributed by atoms with Gasteiger partial charge in [-0.25, -0.2) is 0 Å². The van der Waals surface area contributed by atoms with Crippen LogP contribution in [-0.4, -0.2) is 23.5 Å². The summed E-state index contributed by atoms with van der Waals surface area (Å²) in [7, 11) is 0. The van der Waals surface area contributed by atoms with E-state index in [0.29, 0.717) is 6.54 Å². The van der Waals surface area contributed by atoms with E-state index in [-0.39, 0.29) is 5.91 Å². The minimum atomic E-state index is -0.449. The zero-order chi connectivity index (χ0) is 13.1. The second kappa shape index (κ2) is 5.23. The Labute approximate surface area is 107 Å². The molecule has 0 spiro atoms. The number of nitrogens with one attached hydrogen (secondary N) is 2. The number of benzene rings is 1. The lowest BCUT2D eigenvalue weighted by Gasteiger charge is -2.07. The smallest absolute Gasteiger partial charge is 0.236 e. The maximum absolute atomic E-state index is 11.4. The molecule has 4 heteroatoms. The van der Waals surface area contributed by atoms with Crippen LogP contribution in [0.3, 0.4) is 0 Å². The predicted molar refractivity (Wildman–Crippen MR) is 73.4 cm³/mol. The molecule has 4 nitrogen and oxygen atoms in total. The molecule has 0 aliphatic carbocycles. The van der Waals surface area contributed by atoms with Crippen molar-refractivity contribution in [3.63, 3.8) is 0 Å². The number of carbonyl (C=O) groups is 1. The molecule has 2 aromatic rings. The first-order valence-electron chi connectivity index (χ1n) is 6.18. The molecule has 1 aromatic carbocycles. The molecular weight excluding hydrogens is 226 g/mol. The number of H-pyrrole nitrogens is 1. The van der Waals surface area contributed by atoms with Crippen LogP contribution in [0.1, 0.15) is 18.1 Å². The Morgan fingerprint density at radius 2 is 2.28 bits per heavy atom. The van der Waals surface area contributed by atoms with E-state index in [4.69, 9.17) is 5.73 Å². The van der Waals surface area contributed by atoms with Crippen molar-refractivity contribution < 1.29 is 4.79 Å². The van der Waals surface area contributed by atoms with E-state index in [0.717, 1.165) is 11.9 Å². The first kappa shape index (κ1) is 12.6. The Morgan fingerprint density at radius 1 is 1.50 bits per heavy atom. The van der Waals surface area contributed by atoms with E-state index in [2.05, 4.69) is 29.4 Å². The normalized spacial score (nSPS) is 12.6. The summed E-state index contributed by atoms with van der Waals surface area (Å²) in [5.74, 6) is -0.105. The largest absolute Gasteiger partial charge is 0.361 e. The van der Waals surface area contributed by atoms with Crippen LogP contribution < -0.4 is 11.1 Å². The van der Waals surface area contributed by atoms with E-state index < -0.39 is 6.04 Å². The van der Waals surface area contributed by atoms with Crippen LogP contribution in [0.2, 0.25) is 0 Å². The van der Waals surface area contributed by atoms with E-state index in [9.17, 15) is 4.79 Å². The lowest BCUT2D eigenvalue weighted by atomic mass is 10.1. The zero-order valence-corrected chi connectivity index (χ0v) is 10.8. The van der Waals surface area contributed by atoms with Gasteiger partial charge in [-0.05, 0) is 37.5 Å². The molecule has 0 fully saturated rings. The van der Waals surface area contributed by atoms with Crippen LogP contribution in [-0.2, 0) is 11.2 Å². The Hall–Kier alpha value is -1.81. The van der Waals surface area contributed by atoms with Gasteiger partial charge >= 0.3 is 0 Å². The van der Waals surface area contributed by atoms with Gasteiger partial charge in [-0.2, -0.15) is 0 Å². The summed E-state index contributed by atoms with van der Waals surface area (Å²) in [6.07, 6.45) is 2.82. The Kier molecular flexibility index (Phi) is 3.67. The molecule has 0 aliphatic heterocycles. The summed E-state index contributed by atoms with van der Waals surface area (Å²) in [6, 6.07) is 5.75. The molecule has 1 amide bonds. The number of aromatic nitrogens is 1. The van der Waals surface area contributed by atoms with Gasteiger partial charge in [-0.3, -0.25) is 4.79 Å². The minimum Gasteiger partial charge on any atom is -0.361 e. The number of aromatic amines is 1. The molecule has 0 aliphatic rings.